The summed E-state index contributed by atoms with van der Waals surface area (Å²) >= 11 is 0. The van der Waals surface area contributed by atoms with Crippen LogP contribution >= 0.6 is 0 Å². The van der Waals surface area contributed by atoms with Crippen LogP contribution in [0.4, 0.5) is 0 Å². The molecule has 2 fully saturated rings. The molecule has 11 heavy (non-hydrogen) atoms. The van der Waals surface area contributed by atoms with Crippen molar-refractivity contribution in [1.29, 1.82) is 0 Å². The van der Waals surface area contributed by atoms with Crippen LogP contribution in [0.2, 0.25) is 0 Å². The van der Waals surface area contributed by atoms with E-state index in [0.717, 1.165) is 6.42 Å². The third-order valence-corrected chi connectivity index (χ3v) is 2.81. The second-order valence-electron chi connectivity index (χ2n) is 3.41. The molecule has 0 aromatic heterocycles. The van der Waals surface area contributed by atoms with Gasteiger partial charge in [-0.3, -0.25) is 10.1 Å². The minimum absolute atomic E-state index is 0.223. The number of fused-ring (bicyclic) bond motifs is 2. The first-order valence-electron chi connectivity index (χ1n) is 3.84. The number of carbonyl (C=O) groups is 1. The number of aliphatic hydroxyl groups excluding tert-OH is 1. The van der Waals surface area contributed by atoms with E-state index in [9.17, 15) is 9.90 Å². The standard InChI is InChI=1S/C7H11NO3/c9-5-3-4-1-2-7(5,8-4)6(10)11/h4-5,8-9H,1-3H2,(H,10,11)/t4-,5-,7+/m1/s1. The zero-order valence-electron chi connectivity index (χ0n) is 6.08. The number of rotatable bonds is 1. The summed E-state index contributed by atoms with van der Waals surface area (Å²) in [4.78, 5) is 10.8. The maximum Gasteiger partial charge on any atom is 0.326 e. The van der Waals surface area contributed by atoms with Crippen molar-refractivity contribution in [2.75, 3.05) is 0 Å². The van der Waals surface area contributed by atoms with Crippen LogP contribution in [-0.4, -0.2) is 33.9 Å². The van der Waals surface area contributed by atoms with E-state index in [2.05, 4.69) is 5.32 Å². The maximum absolute atomic E-state index is 10.8. The van der Waals surface area contributed by atoms with Crippen molar-refractivity contribution >= 4 is 5.97 Å². The van der Waals surface area contributed by atoms with Crippen LogP contribution in [0.3, 0.4) is 0 Å². The lowest BCUT2D eigenvalue weighted by atomic mass is 9.85. The lowest BCUT2D eigenvalue weighted by Gasteiger charge is -2.25. The van der Waals surface area contributed by atoms with Gasteiger partial charge < -0.3 is 10.2 Å². The van der Waals surface area contributed by atoms with Crippen molar-refractivity contribution in [2.45, 2.75) is 36.9 Å². The molecule has 0 radical (unpaired) electrons. The molecular formula is C7H11NO3. The second-order valence-corrected chi connectivity index (χ2v) is 3.41. The quantitative estimate of drug-likeness (QED) is 0.472. The van der Waals surface area contributed by atoms with E-state index < -0.39 is 17.6 Å². The summed E-state index contributed by atoms with van der Waals surface area (Å²) in [5, 5.41) is 21.2. The van der Waals surface area contributed by atoms with E-state index >= 15 is 0 Å². The smallest absolute Gasteiger partial charge is 0.326 e. The number of nitrogens with one attached hydrogen (secondary N) is 1. The van der Waals surface area contributed by atoms with Crippen LogP contribution in [0.25, 0.3) is 0 Å². The van der Waals surface area contributed by atoms with Gasteiger partial charge in [0, 0.05) is 6.04 Å². The van der Waals surface area contributed by atoms with Gasteiger partial charge in [-0.1, -0.05) is 0 Å². The van der Waals surface area contributed by atoms with E-state index in [1.165, 1.54) is 0 Å². The van der Waals surface area contributed by atoms with Crippen molar-refractivity contribution in [3.05, 3.63) is 0 Å². The van der Waals surface area contributed by atoms with E-state index in [-0.39, 0.29) is 6.04 Å². The highest BCUT2D eigenvalue weighted by atomic mass is 16.4. The van der Waals surface area contributed by atoms with Gasteiger partial charge in [-0.05, 0) is 19.3 Å². The zero-order chi connectivity index (χ0) is 8.06. The summed E-state index contributed by atoms with van der Waals surface area (Å²) in [6.45, 7) is 0. The molecule has 0 aromatic rings. The molecule has 0 aliphatic carbocycles. The molecule has 3 atom stereocenters. The van der Waals surface area contributed by atoms with E-state index in [1.807, 2.05) is 0 Å². The summed E-state index contributed by atoms with van der Waals surface area (Å²) in [6.07, 6.45) is 1.34. The highest BCUT2D eigenvalue weighted by Crippen LogP contribution is 2.37. The Bertz CT molecular complexity index is 206. The number of carboxylic acids is 1. The number of hydrogen-bond acceptors (Lipinski definition) is 3. The van der Waals surface area contributed by atoms with Crippen LogP contribution < -0.4 is 5.32 Å². The fourth-order valence-corrected chi connectivity index (χ4v) is 2.13. The van der Waals surface area contributed by atoms with Gasteiger partial charge in [-0.25, -0.2) is 0 Å². The molecular weight excluding hydrogens is 146 g/mol. The minimum atomic E-state index is -1.01. The molecule has 62 valence electrons. The molecule has 2 bridgehead atoms. The maximum atomic E-state index is 10.8. The molecule has 0 unspecified atom stereocenters. The Morgan fingerprint density at radius 2 is 2.36 bits per heavy atom. The summed E-state index contributed by atoms with van der Waals surface area (Å²) in [5.74, 6) is -0.912. The highest BCUT2D eigenvalue weighted by molar-refractivity contribution is 5.81. The molecule has 0 saturated carbocycles. The first-order chi connectivity index (χ1) is 5.15. The van der Waals surface area contributed by atoms with Gasteiger partial charge >= 0.3 is 5.97 Å². The molecule has 4 heteroatoms. The largest absolute Gasteiger partial charge is 0.480 e. The van der Waals surface area contributed by atoms with Crippen molar-refractivity contribution in [2.24, 2.45) is 0 Å². The van der Waals surface area contributed by atoms with Gasteiger partial charge in [-0.2, -0.15) is 0 Å². The van der Waals surface area contributed by atoms with Crippen LogP contribution in [0.1, 0.15) is 19.3 Å². The fourth-order valence-electron chi connectivity index (χ4n) is 2.13. The van der Waals surface area contributed by atoms with Gasteiger partial charge in [0.05, 0.1) is 6.10 Å². The van der Waals surface area contributed by atoms with Crippen LogP contribution in [0, 0.1) is 0 Å². The molecule has 0 spiro atoms. The van der Waals surface area contributed by atoms with Crippen molar-refractivity contribution in [3.8, 4) is 0 Å². The molecule has 2 saturated heterocycles. The average Bonchev–Trinajstić information content (AvgIpc) is 2.43. The first kappa shape index (κ1) is 7.06. The molecule has 2 heterocycles. The Balaban J connectivity index is 2.29. The predicted octanol–water partition coefficient (Wildman–Crippen LogP) is -0.674. The van der Waals surface area contributed by atoms with Gasteiger partial charge in [0.25, 0.3) is 0 Å². The summed E-state index contributed by atoms with van der Waals surface area (Å²) in [7, 11) is 0. The monoisotopic (exact) mass is 157 g/mol. The SMILES string of the molecule is O=C(O)[C@]12CC[C@H](C[C@H]1O)N2. The average molecular weight is 157 g/mol. The molecule has 2 aliphatic rings. The molecule has 4 nitrogen and oxygen atoms in total. The fraction of sp³-hybridized carbons (Fsp3) is 0.857. The van der Waals surface area contributed by atoms with Crippen LogP contribution in [0.15, 0.2) is 0 Å². The lowest BCUT2D eigenvalue weighted by molar-refractivity contribution is -0.148. The van der Waals surface area contributed by atoms with E-state index in [4.69, 9.17) is 5.11 Å². The number of hydrogen-bond donors (Lipinski definition) is 3. The number of aliphatic hydroxyl groups is 1. The molecule has 0 aromatic carbocycles. The Morgan fingerprint density at radius 1 is 1.64 bits per heavy atom. The van der Waals surface area contributed by atoms with Gasteiger partial charge in [0.15, 0.2) is 0 Å². The topological polar surface area (TPSA) is 69.6 Å². The summed E-state index contributed by atoms with van der Waals surface area (Å²) in [6, 6.07) is 0.223. The third-order valence-electron chi connectivity index (χ3n) is 2.81. The number of carboxylic acid groups (broad SMARTS) is 1. The molecule has 0 amide bonds. The molecule has 2 rings (SSSR count). The van der Waals surface area contributed by atoms with Crippen molar-refractivity contribution in [1.82, 2.24) is 5.32 Å². The lowest BCUT2D eigenvalue weighted by Crippen LogP contribution is -2.52. The summed E-state index contributed by atoms with van der Waals surface area (Å²) < 4.78 is 0. The first-order valence-corrected chi connectivity index (χ1v) is 3.84. The predicted molar refractivity (Wildman–Crippen MR) is 37.1 cm³/mol. The van der Waals surface area contributed by atoms with E-state index in [0.29, 0.717) is 12.8 Å². The molecule has 2 aliphatic heterocycles. The van der Waals surface area contributed by atoms with Crippen LogP contribution in [-0.2, 0) is 4.79 Å². The second kappa shape index (κ2) is 1.95. The summed E-state index contributed by atoms with van der Waals surface area (Å²) in [5.41, 5.74) is -1.01. The normalized spacial score (nSPS) is 48.1. The van der Waals surface area contributed by atoms with Gasteiger partial charge in [0.1, 0.15) is 5.54 Å². The highest BCUT2D eigenvalue weighted by Gasteiger charge is 2.56. The van der Waals surface area contributed by atoms with E-state index in [1.54, 1.807) is 0 Å². The Kier molecular flexibility index (Phi) is 1.25. The minimum Gasteiger partial charge on any atom is -0.480 e. The van der Waals surface area contributed by atoms with Gasteiger partial charge in [-0.15, -0.1) is 0 Å². The van der Waals surface area contributed by atoms with Crippen molar-refractivity contribution in [3.63, 3.8) is 0 Å². The Labute approximate surface area is 64.2 Å². The zero-order valence-corrected chi connectivity index (χ0v) is 6.08. The van der Waals surface area contributed by atoms with Gasteiger partial charge in [0.2, 0.25) is 0 Å². The Hall–Kier alpha value is -0.610. The van der Waals surface area contributed by atoms with Crippen molar-refractivity contribution < 1.29 is 15.0 Å². The Morgan fingerprint density at radius 3 is 2.64 bits per heavy atom. The third kappa shape index (κ3) is 0.736. The molecule has 3 N–H and O–H groups in total. The number of aliphatic carboxylic acids is 1. The van der Waals surface area contributed by atoms with Crippen LogP contribution in [0.5, 0.6) is 0 Å².